The van der Waals surface area contributed by atoms with E-state index in [0.29, 0.717) is 5.56 Å². The van der Waals surface area contributed by atoms with Crippen LogP contribution in [0.5, 0.6) is 0 Å². The Morgan fingerprint density at radius 1 is 1.28 bits per heavy atom. The van der Waals surface area contributed by atoms with Crippen molar-refractivity contribution in [3.8, 4) is 0 Å². The molecule has 0 atom stereocenters. The number of rotatable bonds is 4. The summed E-state index contributed by atoms with van der Waals surface area (Å²) in [6.45, 7) is 3.37. The van der Waals surface area contributed by atoms with Crippen molar-refractivity contribution in [2.24, 2.45) is 0 Å². The third-order valence-corrected chi connectivity index (χ3v) is 5.42. The summed E-state index contributed by atoms with van der Waals surface area (Å²) in [5.41, 5.74) is 0.891. The first-order valence-corrected chi connectivity index (χ1v) is 8.58. The van der Waals surface area contributed by atoms with Crippen LogP contribution in [0.15, 0.2) is 35.7 Å². The van der Waals surface area contributed by atoms with E-state index < -0.39 is 20.1 Å². The van der Waals surface area contributed by atoms with E-state index in [9.17, 15) is 18.5 Å². The summed E-state index contributed by atoms with van der Waals surface area (Å²) in [6.07, 6.45) is 2.97. The van der Waals surface area contributed by atoms with Crippen molar-refractivity contribution >= 4 is 27.2 Å². The predicted octanol–water partition coefficient (Wildman–Crippen LogP) is 1.47. The first kappa shape index (κ1) is 16.8. The van der Waals surface area contributed by atoms with E-state index in [1.165, 1.54) is 30.0 Å². The van der Waals surface area contributed by atoms with Crippen molar-refractivity contribution < 1.29 is 13.3 Å². The highest BCUT2D eigenvalue weighted by Crippen LogP contribution is 2.35. The Morgan fingerprint density at radius 3 is 2.64 bits per heavy atom. The van der Waals surface area contributed by atoms with Crippen LogP contribution in [0.1, 0.15) is 11.1 Å². The van der Waals surface area contributed by atoms with Gasteiger partial charge in [-0.1, -0.05) is 6.07 Å². The van der Waals surface area contributed by atoms with Crippen LogP contribution in [0.2, 0.25) is 0 Å². The van der Waals surface area contributed by atoms with Crippen LogP contribution in [0.3, 0.4) is 0 Å². The van der Waals surface area contributed by atoms with Gasteiger partial charge < -0.3 is 0 Å². The number of hydrogen-bond acceptors (Lipinski definition) is 7. The molecule has 0 unspecified atom stereocenters. The van der Waals surface area contributed by atoms with Gasteiger partial charge in [-0.3, -0.25) is 14.4 Å². The maximum Gasteiger partial charge on any atom is 0.301 e. The molecule has 0 amide bonds. The number of hydrogen-bond donors (Lipinski definition) is 0. The Labute approximate surface area is 143 Å². The van der Waals surface area contributed by atoms with Crippen LogP contribution >= 0.6 is 0 Å². The van der Waals surface area contributed by atoms with Gasteiger partial charge in [0.15, 0.2) is 0 Å². The van der Waals surface area contributed by atoms with E-state index >= 15 is 0 Å². The summed E-state index contributed by atoms with van der Waals surface area (Å²) >= 11 is 0. The van der Waals surface area contributed by atoms with Gasteiger partial charge in [-0.05, 0) is 31.0 Å². The first-order valence-electron chi connectivity index (χ1n) is 7.14. The minimum Gasteiger partial charge on any atom is -0.260 e. The summed E-state index contributed by atoms with van der Waals surface area (Å²) in [4.78, 5) is 18.5. The normalized spacial score (nSPS) is 11.6. The molecule has 11 heteroatoms. The van der Waals surface area contributed by atoms with Crippen molar-refractivity contribution in [3.63, 3.8) is 0 Å². The monoisotopic (exact) mass is 362 g/mol. The SMILES string of the molecule is Cc1ccc([N+](=O)[O-])c(N(C)S(=O)(=O)c2nc3ncccn3n2)c1C. The van der Waals surface area contributed by atoms with Crippen LogP contribution < -0.4 is 4.31 Å². The molecule has 25 heavy (non-hydrogen) atoms. The highest BCUT2D eigenvalue weighted by Gasteiger charge is 2.32. The number of aromatic nitrogens is 4. The van der Waals surface area contributed by atoms with Crippen LogP contribution in [0, 0.1) is 24.0 Å². The zero-order valence-electron chi connectivity index (χ0n) is 13.6. The van der Waals surface area contributed by atoms with Gasteiger partial charge >= 0.3 is 10.0 Å². The summed E-state index contributed by atoms with van der Waals surface area (Å²) in [7, 11) is -2.96. The van der Waals surface area contributed by atoms with Gasteiger partial charge in [0.05, 0.1) is 4.92 Å². The van der Waals surface area contributed by atoms with Gasteiger partial charge in [-0.25, -0.2) is 9.50 Å². The Bertz CT molecular complexity index is 1060. The molecule has 0 N–H and O–H groups in total. The molecule has 0 radical (unpaired) electrons. The average Bonchev–Trinajstić information content (AvgIpc) is 3.01. The van der Waals surface area contributed by atoms with E-state index in [0.717, 1.165) is 9.87 Å². The van der Waals surface area contributed by atoms with Gasteiger partial charge in [0, 0.05) is 25.5 Å². The molecular formula is C14H14N6O4S. The molecule has 2 heterocycles. The summed E-state index contributed by atoms with van der Waals surface area (Å²) in [5.74, 6) is 0.116. The van der Waals surface area contributed by atoms with Gasteiger partial charge in [0.25, 0.3) is 16.6 Å². The maximum absolute atomic E-state index is 12.9. The smallest absolute Gasteiger partial charge is 0.260 e. The Balaban J connectivity index is 2.18. The largest absolute Gasteiger partial charge is 0.301 e. The fourth-order valence-electron chi connectivity index (χ4n) is 2.40. The Morgan fingerprint density at radius 2 is 2.00 bits per heavy atom. The second-order valence-electron chi connectivity index (χ2n) is 5.36. The van der Waals surface area contributed by atoms with Crippen LogP contribution in [-0.2, 0) is 10.0 Å². The van der Waals surface area contributed by atoms with Gasteiger partial charge in [0.1, 0.15) is 5.69 Å². The van der Waals surface area contributed by atoms with Crippen molar-refractivity contribution in [1.82, 2.24) is 19.6 Å². The third kappa shape index (κ3) is 2.67. The molecule has 0 aliphatic carbocycles. The lowest BCUT2D eigenvalue weighted by Gasteiger charge is -2.20. The maximum atomic E-state index is 12.9. The number of nitro groups is 1. The summed E-state index contributed by atoms with van der Waals surface area (Å²) in [5, 5.41) is 14.8. The van der Waals surface area contributed by atoms with Gasteiger partial charge in [-0.2, -0.15) is 13.4 Å². The van der Waals surface area contributed by atoms with E-state index in [-0.39, 0.29) is 17.2 Å². The zero-order valence-corrected chi connectivity index (χ0v) is 14.4. The summed E-state index contributed by atoms with van der Waals surface area (Å²) in [6, 6.07) is 4.43. The molecular weight excluding hydrogens is 348 g/mol. The third-order valence-electron chi connectivity index (χ3n) is 3.88. The predicted molar refractivity (Wildman–Crippen MR) is 88.9 cm³/mol. The number of aryl methyl sites for hydroxylation is 1. The molecule has 3 aromatic rings. The van der Waals surface area contributed by atoms with E-state index in [1.807, 2.05) is 0 Å². The fraction of sp³-hybridized carbons (Fsp3) is 0.214. The minimum atomic E-state index is -4.20. The van der Waals surface area contributed by atoms with Crippen LogP contribution in [0.4, 0.5) is 11.4 Å². The van der Waals surface area contributed by atoms with Crippen molar-refractivity contribution in [1.29, 1.82) is 0 Å². The quantitative estimate of drug-likeness (QED) is 0.508. The average molecular weight is 362 g/mol. The van der Waals surface area contributed by atoms with Crippen molar-refractivity contribution in [2.45, 2.75) is 19.0 Å². The number of fused-ring (bicyclic) bond motifs is 1. The van der Waals surface area contributed by atoms with Gasteiger partial charge in [0.2, 0.25) is 0 Å². The summed E-state index contributed by atoms with van der Waals surface area (Å²) < 4.78 is 27.8. The minimum absolute atomic E-state index is 0.0168. The molecule has 10 nitrogen and oxygen atoms in total. The number of nitrogens with zero attached hydrogens (tertiary/aromatic N) is 6. The highest BCUT2D eigenvalue weighted by molar-refractivity contribution is 7.92. The topological polar surface area (TPSA) is 124 Å². The first-order chi connectivity index (χ1) is 11.7. The van der Waals surface area contributed by atoms with E-state index in [4.69, 9.17) is 0 Å². The zero-order chi connectivity index (χ0) is 18.4. The van der Waals surface area contributed by atoms with Crippen molar-refractivity contribution in [2.75, 3.05) is 11.4 Å². The highest BCUT2D eigenvalue weighted by atomic mass is 32.2. The fourth-order valence-corrected chi connectivity index (χ4v) is 3.50. The number of benzene rings is 1. The number of nitro benzene ring substituents is 1. The molecule has 2 aromatic heterocycles. The standard InChI is InChI=1S/C14H14N6O4S/c1-9-5-6-11(20(21)22)12(10(9)2)18(3)25(23,24)14-16-13-15-7-4-8-19(13)17-14/h4-8H,1-3H3. The van der Waals surface area contributed by atoms with Crippen molar-refractivity contribution in [3.05, 3.63) is 51.8 Å². The number of anilines is 1. The second-order valence-corrected chi connectivity index (χ2v) is 7.23. The molecule has 0 fully saturated rings. The molecule has 3 rings (SSSR count). The molecule has 1 aromatic carbocycles. The Hall–Kier alpha value is -3.08. The lowest BCUT2D eigenvalue weighted by Crippen LogP contribution is -2.29. The molecule has 0 spiro atoms. The number of sulfonamides is 1. The molecule has 130 valence electrons. The van der Waals surface area contributed by atoms with E-state index in [1.54, 1.807) is 26.0 Å². The van der Waals surface area contributed by atoms with E-state index in [2.05, 4.69) is 15.1 Å². The van der Waals surface area contributed by atoms with Crippen LogP contribution in [0.25, 0.3) is 5.78 Å². The lowest BCUT2D eigenvalue weighted by molar-refractivity contribution is -0.384. The van der Waals surface area contributed by atoms with Gasteiger partial charge in [-0.15, -0.1) is 5.10 Å². The molecule has 0 bridgehead atoms. The molecule has 0 aliphatic heterocycles. The second kappa shape index (κ2) is 5.77. The van der Waals surface area contributed by atoms with Crippen LogP contribution in [-0.4, -0.2) is 40.0 Å². The molecule has 0 aliphatic rings. The Kier molecular flexibility index (Phi) is 3.87. The lowest BCUT2D eigenvalue weighted by atomic mass is 10.1. The molecule has 0 saturated carbocycles. The molecule has 0 saturated heterocycles.